The molecule has 1 rings (SSSR count). The van der Waals surface area contributed by atoms with Crippen LogP contribution in [0.4, 0.5) is 0 Å². The van der Waals surface area contributed by atoms with Crippen molar-refractivity contribution in [1.82, 2.24) is 0 Å². The average Bonchev–Trinajstić information content (AvgIpc) is 2.95. The van der Waals surface area contributed by atoms with Gasteiger partial charge in [0.25, 0.3) is 0 Å². The average molecular weight is 211 g/mol. The topological polar surface area (TPSA) is 43.1 Å². The molecule has 0 bridgehead atoms. The first kappa shape index (κ1) is 12.7. The Balaban J connectivity index is 2.16. The number of hydrogen-bond donors (Lipinski definition) is 1. The Labute approximate surface area is 93.6 Å². The van der Waals surface area contributed by atoms with E-state index in [9.17, 15) is 4.79 Å². The molecular formula is C13H25NO. The molecule has 2 nitrogen and oxygen atoms in total. The zero-order chi connectivity index (χ0) is 11.3. The van der Waals surface area contributed by atoms with Gasteiger partial charge in [-0.25, -0.2) is 0 Å². The lowest BCUT2D eigenvalue weighted by Gasteiger charge is -2.19. The minimum absolute atomic E-state index is 0.472. The van der Waals surface area contributed by atoms with Crippen LogP contribution in [-0.2, 0) is 4.79 Å². The molecular weight excluding hydrogens is 186 g/mol. The number of carbonyl (C=O) groups is 1. The van der Waals surface area contributed by atoms with Crippen LogP contribution in [-0.4, -0.2) is 12.3 Å². The Morgan fingerprint density at radius 1 is 1.33 bits per heavy atom. The predicted octanol–water partition coefficient (Wildman–Crippen LogP) is 2.76. The molecule has 0 heterocycles. The van der Waals surface area contributed by atoms with Crippen molar-refractivity contribution in [3.63, 3.8) is 0 Å². The molecule has 1 fully saturated rings. The third-order valence-electron chi connectivity index (χ3n) is 3.49. The number of hydrogen-bond acceptors (Lipinski definition) is 2. The molecule has 0 aliphatic heterocycles. The van der Waals surface area contributed by atoms with Crippen LogP contribution < -0.4 is 5.73 Å². The molecule has 0 aromatic heterocycles. The van der Waals surface area contributed by atoms with Crippen LogP contribution >= 0.6 is 0 Å². The van der Waals surface area contributed by atoms with Gasteiger partial charge in [-0.1, -0.05) is 13.8 Å². The number of Topliss-reactive ketones (excluding diaryl/α,β-unsaturated/α-hetero) is 1. The molecule has 0 aromatic carbocycles. The van der Waals surface area contributed by atoms with Crippen LogP contribution in [0.2, 0.25) is 0 Å². The molecule has 1 atom stereocenters. The summed E-state index contributed by atoms with van der Waals surface area (Å²) in [6, 6.07) is 0. The molecule has 1 saturated carbocycles. The van der Waals surface area contributed by atoms with Gasteiger partial charge in [-0.2, -0.15) is 0 Å². The monoisotopic (exact) mass is 211 g/mol. The van der Waals surface area contributed by atoms with Gasteiger partial charge in [0.05, 0.1) is 0 Å². The zero-order valence-corrected chi connectivity index (χ0v) is 10.2. The van der Waals surface area contributed by atoms with Crippen molar-refractivity contribution in [3.05, 3.63) is 0 Å². The van der Waals surface area contributed by atoms with E-state index in [0.717, 1.165) is 38.1 Å². The van der Waals surface area contributed by atoms with Gasteiger partial charge in [0.15, 0.2) is 0 Å². The highest BCUT2D eigenvalue weighted by Crippen LogP contribution is 2.33. The minimum atomic E-state index is 0.472. The molecule has 1 aliphatic carbocycles. The fraction of sp³-hybridized carbons (Fsp3) is 0.923. The van der Waals surface area contributed by atoms with E-state index in [-0.39, 0.29) is 0 Å². The van der Waals surface area contributed by atoms with E-state index in [1.807, 2.05) is 0 Å². The maximum absolute atomic E-state index is 11.6. The Kier molecular flexibility index (Phi) is 5.30. The normalized spacial score (nSPS) is 18.1. The van der Waals surface area contributed by atoms with Gasteiger partial charge in [-0.15, -0.1) is 0 Å². The van der Waals surface area contributed by atoms with Crippen LogP contribution in [0.25, 0.3) is 0 Å². The van der Waals surface area contributed by atoms with Gasteiger partial charge in [0, 0.05) is 12.8 Å². The summed E-state index contributed by atoms with van der Waals surface area (Å²) in [5.41, 5.74) is 5.58. The third kappa shape index (κ3) is 5.31. The number of nitrogens with two attached hydrogens (primary N) is 1. The molecule has 88 valence electrons. The highest BCUT2D eigenvalue weighted by molar-refractivity contribution is 5.78. The van der Waals surface area contributed by atoms with E-state index in [1.165, 1.54) is 12.8 Å². The van der Waals surface area contributed by atoms with Gasteiger partial charge < -0.3 is 5.73 Å². The molecule has 1 aliphatic rings. The molecule has 1 unspecified atom stereocenters. The standard InChI is InChI=1S/C13H25NO/c1-10(2)12(7-8-14)5-6-13(15)9-11-3-4-11/h10-12H,3-9,14H2,1-2H3. The number of carbonyl (C=O) groups excluding carboxylic acids is 1. The van der Waals surface area contributed by atoms with Crippen LogP contribution in [0.5, 0.6) is 0 Å². The van der Waals surface area contributed by atoms with Crippen LogP contribution in [0, 0.1) is 17.8 Å². The van der Waals surface area contributed by atoms with Gasteiger partial charge in [-0.3, -0.25) is 4.79 Å². The van der Waals surface area contributed by atoms with Crippen molar-refractivity contribution < 1.29 is 4.79 Å². The first-order valence-corrected chi connectivity index (χ1v) is 6.35. The molecule has 0 saturated heterocycles. The largest absolute Gasteiger partial charge is 0.330 e. The third-order valence-corrected chi connectivity index (χ3v) is 3.49. The van der Waals surface area contributed by atoms with E-state index in [4.69, 9.17) is 5.73 Å². The molecule has 2 heteroatoms. The highest BCUT2D eigenvalue weighted by Gasteiger charge is 2.24. The Bertz CT molecular complexity index is 197. The molecule has 0 radical (unpaired) electrons. The second-order valence-electron chi connectivity index (χ2n) is 5.31. The van der Waals surface area contributed by atoms with Gasteiger partial charge in [0.1, 0.15) is 5.78 Å². The van der Waals surface area contributed by atoms with Crippen molar-refractivity contribution >= 4 is 5.78 Å². The lowest BCUT2D eigenvalue weighted by Crippen LogP contribution is -2.15. The van der Waals surface area contributed by atoms with E-state index < -0.39 is 0 Å². The highest BCUT2D eigenvalue weighted by atomic mass is 16.1. The van der Waals surface area contributed by atoms with Gasteiger partial charge in [0.2, 0.25) is 0 Å². The lowest BCUT2D eigenvalue weighted by molar-refractivity contribution is -0.119. The Hall–Kier alpha value is -0.370. The summed E-state index contributed by atoms with van der Waals surface area (Å²) in [6.07, 6.45) is 6.28. The molecule has 2 N–H and O–H groups in total. The molecule has 15 heavy (non-hydrogen) atoms. The number of ketones is 1. The molecule has 0 amide bonds. The molecule has 0 spiro atoms. The minimum Gasteiger partial charge on any atom is -0.330 e. The summed E-state index contributed by atoms with van der Waals surface area (Å²) >= 11 is 0. The van der Waals surface area contributed by atoms with Crippen molar-refractivity contribution in [2.24, 2.45) is 23.5 Å². The number of rotatable bonds is 8. The van der Waals surface area contributed by atoms with Gasteiger partial charge >= 0.3 is 0 Å². The van der Waals surface area contributed by atoms with Crippen molar-refractivity contribution in [2.75, 3.05) is 6.54 Å². The first-order chi connectivity index (χ1) is 7.13. The summed E-state index contributed by atoms with van der Waals surface area (Å²) in [5.74, 6) is 2.50. The summed E-state index contributed by atoms with van der Waals surface area (Å²) in [7, 11) is 0. The van der Waals surface area contributed by atoms with Crippen molar-refractivity contribution in [2.45, 2.75) is 52.4 Å². The fourth-order valence-corrected chi connectivity index (χ4v) is 2.12. The first-order valence-electron chi connectivity index (χ1n) is 6.35. The summed E-state index contributed by atoms with van der Waals surface area (Å²) in [4.78, 5) is 11.6. The predicted molar refractivity (Wildman–Crippen MR) is 63.6 cm³/mol. The van der Waals surface area contributed by atoms with Crippen molar-refractivity contribution in [3.8, 4) is 0 Å². The second kappa shape index (κ2) is 6.26. The maximum Gasteiger partial charge on any atom is 0.133 e. The quantitative estimate of drug-likeness (QED) is 0.671. The zero-order valence-electron chi connectivity index (χ0n) is 10.2. The fourth-order valence-electron chi connectivity index (χ4n) is 2.12. The Morgan fingerprint density at radius 3 is 2.47 bits per heavy atom. The van der Waals surface area contributed by atoms with E-state index in [2.05, 4.69) is 13.8 Å². The molecule has 0 aromatic rings. The summed E-state index contributed by atoms with van der Waals surface area (Å²) < 4.78 is 0. The smallest absolute Gasteiger partial charge is 0.133 e. The van der Waals surface area contributed by atoms with Crippen LogP contribution in [0.15, 0.2) is 0 Å². The SMILES string of the molecule is CC(C)C(CCN)CCC(=O)CC1CC1. The van der Waals surface area contributed by atoms with E-state index in [1.54, 1.807) is 0 Å². The van der Waals surface area contributed by atoms with Gasteiger partial charge in [-0.05, 0) is 50.0 Å². The Morgan fingerprint density at radius 2 is 2.00 bits per heavy atom. The van der Waals surface area contributed by atoms with Crippen LogP contribution in [0.3, 0.4) is 0 Å². The van der Waals surface area contributed by atoms with E-state index >= 15 is 0 Å². The summed E-state index contributed by atoms with van der Waals surface area (Å²) in [6.45, 7) is 5.21. The van der Waals surface area contributed by atoms with Crippen LogP contribution in [0.1, 0.15) is 52.4 Å². The lowest BCUT2D eigenvalue weighted by atomic mass is 9.87. The second-order valence-corrected chi connectivity index (χ2v) is 5.31. The van der Waals surface area contributed by atoms with E-state index in [0.29, 0.717) is 17.6 Å². The van der Waals surface area contributed by atoms with Crippen molar-refractivity contribution in [1.29, 1.82) is 0 Å². The summed E-state index contributed by atoms with van der Waals surface area (Å²) in [5, 5.41) is 0. The maximum atomic E-state index is 11.6.